The van der Waals surface area contributed by atoms with E-state index in [9.17, 15) is 13.2 Å². The van der Waals surface area contributed by atoms with Crippen molar-refractivity contribution in [3.63, 3.8) is 0 Å². The normalized spacial score (nSPS) is 11.5. The van der Waals surface area contributed by atoms with Gasteiger partial charge in [0.05, 0.1) is 10.4 Å². The first-order valence-corrected chi connectivity index (χ1v) is 10.4. The highest BCUT2D eigenvalue weighted by Gasteiger charge is 2.17. The molecule has 0 aliphatic rings. The number of nitrogens with zero attached hydrogens (tertiary/aromatic N) is 1. The van der Waals surface area contributed by atoms with Crippen molar-refractivity contribution in [3.05, 3.63) is 54.1 Å². The Kier molecular flexibility index (Phi) is 6.80. The lowest BCUT2D eigenvalue weighted by Crippen LogP contribution is -2.28. The Bertz CT molecular complexity index is 921. The fraction of sp³-hybridized carbons (Fsp3) is 0.300. The predicted octanol–water partition coefficient (Wildman–Crippen LogP) is 3.65. The summed E-state index contributed by atoms with van der Waals surface area (Å²) in [6.07, 6.45) is 0.712. The van der Waals surface area contributed by atoms with Gasteiger partial charge in [-0.3, -0.25) is 9.71 Å². The molecule has 2 aromatic carbocycles. The van der Waals surface area contributed by atoms with Crippen LogP contribution >= 0.6 is 0 Å². The zero-order chi connectivity index (χ0) is 20.8. The Balaban J connectivity index is 2.06. The summed E-state index contributed by atoms with van der Waals surface area (Å²) in [5, 5.41) is 5.23. The number of carbonyl (C=O) groups excluding carboxylic acids is 1. The predicted molar refractivity (Wildman–Crippen MR) is 114 cm³/mol. The first kappa shape index (κ1) is 21.4. The molecule has 0 aliphatic heterocycles. The SMILES string of the molecule is C=NC(C)(C)Cc1ccc(NS(=O)(=O)c2ccc(NC(=O)NCC)cc2)cc1. The largest absolute Gasteiger partial charge is 0.338 e. The third-order valence-corrected chi connectivity index (χ3v) is 5.43. The van der Waals surface area contributed by atoms with Gasteiger partial charge in [0.1, 0.15) is 0 Å². The van der Waals surface area contributed by atoms with Crippen LogP contribution in [0.5, 0.6) is 0 Å². The number of rotatable bonds is 8. The minimum Gasteiger partial charge on any atom is -0.338 e. The second kappa shape index (κ2) is 8.88. The van der Waals surface area contributed by atoms with Crippen molar-refractivity contribution < 1.29 is 13.2 Å². The van der Waals surface area contributed by atoms with Gasteiger partial charge in [-0.25, -0.2) is 13.2 Å². The van der Waals surface area contributed by atoms with Gasteiger partial charge in [0, 0.05) is 17.9 Å². The summed E-state index contributed by atoms with van der Waals surface area (Å²) < 4.78 is 27.7. The summed E-state index contributed by atoms with van der Waals surface area (Å²) in [5.74, 6) is 0. The highest BCUT2D eigenvalue weighted by Crippen LogP contribution is 2.21. The van der Waals surface area contributed by atoms with E-state index in [4.69, 9.17) is 0 Å². The number of hydrogen-bond donors (Lipinski definition) is 3. The molecule has 2 aromatic rings. The molecule has 2 rings (SSSR count). The molecule has 0 unspecified atom stereocenters. The van der Waals surface area contributed by atoms with E-state index < -0.39 is 10.0 Å². The second-order valence-corrected chi connectivity index (χ2v) is 8.64. The van der Waals surface area contributed by atoms with E-state index in [1.807, 2.05) is 32.9 Å². The van der Waals surface area contributed by atoms with E-state index in [1.165, 1.54) is 24.3 Å². The maximum Gasteiger partial charge on any atom is 0.319 e. The molecule has 0 aliphatic carbocycles. The topological polar surface area (TPSA) is 99.7 Å². The number of anilines is 2. The number of sulfonamides is 1. The average molecular weight is 403 g/mol. The van der Waals surface area contributed by atoms with E-state index in [1.54, 1.807) is 12.1 Å². The molecule has 0 heterocycles. The van der Waals surface area contributed by atoms with Crippen LogP contribution in [0.1, 0.15) is 26.3 Å². The average Bonchev–Trinajstić information content (AvgIpc) is 2.63. The minimum absolute atomic E-state index is 0.106. The van der Waals surface area contributed by atoms with E-state index in [2.05, 4.69) is 27.1 Å². The summed E-state index contributed by atoms with van der Waals surface area (Å²) in [7, 11) is -3.73. The van der Waals surface area contributed by atoms with Crippen molar-refractivity contribution in [2.45, 2.75) is 37.6 Å². The fourth-order valence-corrected chi connectivity index (χ4v) is 3.57. The first-order chi connectivity index (χ1) is 13.1. The molecule has 0 fully saturated rings. The molecule has 0 radical (unpaired) electrons. The van der Waals surface area contributed by atoms with Crippen LogP contribution in [0.3, 0.4) is 0 Å². The molecule has 0 spiro atoms. The molecule has 0 saturated heterocycles. The Morgan fingerprint density at radius 3 is 2.14 bits per heavy atom. The number of amides is 2. The van der Waals surface area contributed by atoms with Gasteiger partial charge in [0.2, 0.25) is 0 Å². The van der Waals surface area contributed by atoms with E-state index in [-0.39, 0.29) is 16.5 Å². The molecule has 0 aromatic heterocycles. The number of nitrogens with one attached hydrogen (secondary N) is 3. The maximum absolute atomic E-state index is 12.6. The highest BCUT2D eigenvalue weighted by atomic mass is 32.2. The number of hydrogen-bond acceptors (Lipinski definition) is 4. The van der Waals surface area contributed by atoms with Crippen LogP contribution in [0.15, 0.2) is 58.4 Å². The van der Waals surface area contributed by atoms with Gasteiger partial charge in [0.15, 0.2) is 0 Å². The van der Waals surface area contributed by atoms with E-state index in [0.29, 0.717) is 24.3 Å². The van der Waals surface area contributed by atoms with Crippen molar-refractivity contribution in [1.29, 1.82) is 0 Å². The van der Waals surface area contributed by atoms with Crippen LogP contribution in [0.4, 0.5) is 16.2 Å². The smallest absolute Gasteiger partial charge is 0.319 e. The fourth-order valence-electron chi connectivity index (χ4n) is 2.51. The quantitative estimate of drug-likeness (QED) is 0.588. The summed E-state index contributed by atoms with van der Waals surface area (Å²) in [4.78, 5) is 15.7. The van der Waals surface area contributed by atoms with Crippen LogP contribution in [0.2, 0.25) is 0 Å². The van der Waals surface area contributed by atoms with Crippen LogP contribution < -0.4 is 15.4 Å². The zero-order valence-corrected chi connectivity index (χ0v) is 17.1. The molecule has 28 heavy (non-hydrogen) atoms. The second-order valence-electron chi connectivity index (χ2n) is 6.96. The lowest BCUT2D eigenvalue weighted by atomic mass is 9.96. The van der Waals surface area contributed by atoms with Gasteiger partial charge in [-0.1, -0.05) is 12.1 Å². The Morgan fingerprint density at radius 1 is 1.04 bits per heavy atom. The molecule has 0 atom stereocenters. The third kappa shape index (κ3) is 6.09. The van der Waals surface area contributed by atoms with Gasteiger partial charge >= 0.3 is 6.03 Å². The standard InChI is InChI=1S/C20H26N4O3S/c1-5-22-19(25)23-16-10-12-18(13-11-16)28(26,27)24-17-8-6-15(7-9-17)14-20(2,3)21-4/h6-13,24H,4-5,14H2,1-3H3,(H2,22,23,25). The van der Waals surface area contributed by atoms with Crippen molar-refractivity contribution in [2.75, 3.05) is 16.6 Å². The maximum atomic E-state index is 12.6. The lowest BCUT2D eigenvalue weighted by molar-refractivity contribution is 0.252. The minimum atomic E-state index is -3.73. The monoisotopic (exact) mass is 402 g/mol. The molecule has 3 N–H and O–H groups in total. The molecule has 2 amide bonds. The van der Waals surface area contributed by atoms with Crippen molar-refractivity contribution in [3.8, 4) is 0 Å². The first-order valence-electron chi connectivity index (χ1n) is 8.90. The Hall–Kier alpha value is -2.87. The van der Waals surface area contributed by atoms with E-state index >= 15 is 0 Å². The number of aliphatic imine (C=N–C) groups is 1. The van der Waals surface area contributed by atoms with Crippen LogP contribution in [-0.2, 0) is 16.4 Å². The van der Waals surface area contributed by atoms with Crippen molar-refractivity contribution in [2.24, 2.45) is 4.99 Å². The molecular formula is C20H26N4O3S. The molecular weight excluding hydrogens is 376 g/mol. The third-order valence-electron chi connectivity index (χ3n) is 4.03. The van der Waals surface area contributed by atoms with Crippen LogP contribution in [0, 0.1) is 0 Å². The molecule has 150 valence electrons. The highest BCUT2D eigenvalue weighted by molar-refractivity contribution is 7.92. The molecule has 8 heteroatoms. The summed E-state index contributed by atoms with van der Waals surface area (Å²) in [6.45, 7) is 9.88. The van der Waals surface area contributed by atoms with E-state index in [0.717, 1.165) is 5.56 Å². The van der Waals surface area contributed by atoms with Crippen LogP contribution in [-0.4, -0.2) is 33.3 Å². The van der Waals surface area contributed by atoms with Gasteiger partial charge in [0.25, 0.3) is 10.0 Å². The summed E-state index contributed by atoms with van der Waals surface area (Å²) in [5.41, 5.74) is 1.75. The van der Waals surface area contributed by atoms with Crippen LogP contribution in [0.25, 0.3) is 0 Å². The lowest BCUT2D eigenvalue weighted by Gasteiger charge is -2.19. The van der Waals surface area contributed by atoms with Gasteiger partial charge in [-0.2, -0.15) is 0 Å². The summed E-state index contributed by atoms with van der Waals surface area (Å²) in [6, 6.07) is 12.8. The molecule has 0 saturated carbocycles. The van der Waals surface area contributed by atoms with Crippen molar-refractivity contribution in [1.82, 2.24) is 5.32 Å². The Morgan fingerprint density at radius 2 is 1.61 bits per heavy atom. The van der Waals surface area contributed by atoms with Gasteiger partial charge in [-0.05, 0) is 75.9 Å². The zero-order valence-electron chi connectivity index (χ0n) is 16.3. The molecule has 0 bridgehead atoms. The van der Waals surface area contributed by atoms with Gasteiger partial charge < -0.3 is 10.6 Å². The van der Waals surface area contributed by atoms with Crippen molar-refractivity contribution >= 4 is 34.1 Å². The summed E-state index contributed by atoms with van der Waals surface area (Å²) >= 11 is 0. The number of benzene rings is 2. The molecule has 7 nitrogen and oxygen atoms in total. The number of urea groups is 1. The Labute approximate surface area is 166 Å². The number of carbonyl (C=O) groups is 1. The van der Waals surface area contributed by atoms with Gasteiger partial charge in [-0.15, -0.1) is 0 Å².